The smallest absolute Gasteiger partial charge is 0.131 e. The second kappa shape index (κ2) is 5.41. The summed E-state index contributed by atoms with van der Waals surface area (Å²) in [5.74, 6) is 0. The molecule has 100 valence electrons. The van der Waals surface area contributed by atoms with E-state index in [4.69, 9.17) is 23.2 Å². The predicted molar refractivity (Wildman–Crippen MR) is 81.1 cm³/mol. The maximum atomic E-state index is 5.96. The van der Waals surface area contributed by atoms with Crippen LogP contribution in [0.5, 0.6) is 0 Å². The van der Waals surface area contributed by atoms with Crippen LogP contribution in [0.4, 0.5) is 0 Å². The van der Waals surface area contributed by atoms with Gasteiger partial charge in [-0.3, -0.25) is 4.90 Å². The standard InChI is InChI=1S/C14H14Cl2N2S/c1-9-11-3-5-19-12(11)2-4-18(9)8-10-6-13(15)17-14(16)7-10/h3,5-7,9H,2,4,8H2,1H3/t9-/m0/s1. The van der Waals surface area contributed by atoms with Crippen LogP contribution in [-0.2, 0) is 13.0 Å². The third kappa shape index (κ3) is 2.79. The van der Waals surface area contributed by atoms with Crippen molar-refractivity contribution in [1.29, 1.82) is 0 Å². The van der Waals surface area contributed by atoms with Crippen LogP contribution in [0.3, 0.4) is 0 Å². The highest BCUT2D eigenvalue weighted by Gasteiger charge is 2.24. The number of hydrogen-bond donors (Lipinski definition) is 0. The van der Waals surface area contributed by atoms with E-state index in [9.17, 15) is 0 Å². The number of halogens is 2. The molecule has 0 saturated heterocycles. The lowest BCUT2D eigenvalue weighted by Crippen LogP contribution is -2.32. The van der Waals surface area contributed by atoms with Crippen LogP contribution < -0.4 is 0 Å². The Kier molecular flexibility index (Phi) is 3.81. The number of rotatable bonds is 2. The van der Waals surface area contributed by atoms with Gasteiger partial charge in [0.25, 0.3) is 0 Å². The Labute approximate surface area is 127 Å². The molecule has 0 unspecified atom stereocenters. The largest absolute Gasteiger partial charge is 0.292 e. The summed E-state index contributed by atoms with van der Waals surface area (Å²) < 4.78 is 0. The minimum atomic E-state index is 0.445. The zero-order valence-corrected chi connectivity index (χ0v) is 12.9. The van der Waals surface area contributed by atoms with E-state index in [-0.39, 0.29) is 0 Å². The molecule has 19 heavy (non-hydrogen) atoms. The van der Waals surface area contributed by atoms with Crippen LogP contribution in [0.25, 0.3) is 0 Å². The summed E-state index contributed by atoms with van der Waals surface area (Å²) in [5.41, 5.74) is 2.58. The van der Waals surface area contributed by atoms with Crippen molar-refractivity contribution in [2.24, 2.45) is 0 Å². The Morgan fingerprint density at radius 2 is 2.11 bits per heavy atom. The van der Waals surface area contributed by atoms with E-state index < -0.39 is 0 Å². The number of aromatic nitrogens is 1. The van der Waals surface area contributed by atoms with Crippen LogP contribution in [0.15, 0.2) is 23.6 Å². The molecule has 2 nitrogen and oxygen atoms in total. The van der Waals surface area contributed by atoms with Crippen LogP contribution in [-0.4, -0.2) is 16.4 Å². The summed E-state index contributed by atoms with van der Waals surface area (Å²) in [6.07, 6.45) is 1.13. The lowest BCUT2D eigenvalue weighted by atomic mass is 10.0. The van der Waals surface area contributed by atoms with Gasteiger partial charge in [0.05, 0.1) is 0 Å². The number of pyridine rings is 1. The van der Waals surface area contributed by atoms with Crippen LogP contribution in [0, 0.1) is 0 Å². The number of nitrogens with zero attached hydrogens (tertiary/aromatic N) is 2. The molecule has 0 spiro atoms. The Morgan fingerprint density at radius 3 is 2.84 bits per heavy atom. The highest BCUT2D eigenvalue weighted by atomic mass is 35.5. The average Bonchev–Trinajstić information content (AvgIpc) is 2.80. The minimum Gasteiger partial charge on any atom is -0.292 e. The van der Waals surface area contributed by atoms with Gasteiger partial charge in [-0.2, -0.15) is 0 Å². The first-order valence-corrected chi connectivity index (χ1v) is 7.89. The van der Waals surface area contributed by atoms with E-state index >= 15 is 0 Å². The maximum absolute atomic E-state index is 5.96. The summed E-state index contributed by atoms with van der Waals surface area (Å²) in [4.78, 5) is 7.97. The highest BCUT2D eigenvalue weighted by Crippen LogP contribution is 2.33. The van der Waals surface area contributed by atoms with Gasteiger partial charge in [-0.1, -0.05) is 23.2 Å². The van der Waals surface area contributed by atoms with Gasteiger partial charge in [0.15, 0.2) is 0 Å². The molecule has 0 N–H and O–H groups in total. The minimum absolute atomic E-state index is 0.445. The first-order valence-electron chi connectivity index (χ1n) is 6.26. The SMILES string of the molecule is C[C@H]1c2ccsc2CCN1Cc1cc(Cl)nc(Cl)c1. The molecule has 5 heteroatoms. The molecular formula is C14H14Cl2N2S. The fourth-order valence-corrected chi connectivity index (χ4v) is 4.09. The molecule has 0 bridgehead atoms. The summed E-state index contributed by atoms with van der Waals surface area (Å²) in [6.45, 7) is 4.19. The Bertz CT molecular complexity index is 577. The van der Waals surface area contributed by atoms with E-state index in [0.29, 0.717) is 16.3 Å². The molecule has 1 aliphatic rings. The quantitative estimate of drug-likeness (QED) is 0.755. The third-order valence-corrected chi connectivity index (χ3v) is 5.00. The van der Waals surface area contributed by atoms with Gasteiger partial charge in [0, 0.05) is 24.0 Å². The van der Waals surface area contributed by atoms with Gasteiger partial charge < -0.3 is 0 Å². The predicted octanol–water partition coefficient (Wildman–Crippen LogP) is 4.57. The van der Waals surface area contributed by atoms with Gasteiger partial charge in [-0.05, 0) is 48.1 Å². The Balaban J connectivity index is 1.81. The van der Waals surface area contributed by atoms with Crippen molar-refractivity contribution in [2.75, 3.05) is 6.54 Å². The van der Waals surface area contributed by atoms with Crippen molar-refractivity contribution in [3.8, 4) is 0 Å². The number of fused-ring (bicyclic) bond motifs is 1. The molecule has 1 aliphatic heterocycles. The normalized spacial score (nSPS) is 19.4. The molecular weight excluding hydrogens is 299 g/mol. The van der Waals surface area contributed by atoms with Gasteiger partial charge in [0.2, 0.25) is 0 Å². The van der Waals surface area contributed by atoms with Gasteiger partial charge >= 0.3 is 0 Å². The fraction of sp³-hybridized carbons (Fsp3) is 0.357. The average molecular weight is 313 g/mol. The molecule has 2 aromatic rings. The molecule has 0 fully saturated rings. The Morgan fingerprint density at radius 1 is 1.37 bits per heavy atom. The molecule has 0 amide bonds. The summed E-state index contributed by atoms with van der Waals surface area (Å²) in [5, 5.41) is 3.11. The summed E-state index contributed by atoms with van der Waals surface area (Å²) >= 11 is 13.8. The second-order valence-electron chi connectivity index (χ2n) is 4.82. The van der Waals surface area contributed by atoms with Crippen molar-refractivity contribution in [3.63, 3.8) is 0 Å². The molecule has 0 radical (unpaired) electrons. The van der Waals surface area contributed by atoms with Crippen molar-refractivity contribution in [2.45, 2.75) is 25.9 Å². The zero-order chi connectivity index (χ0) is 13.4. The number of thiophene rings is 1. The first kappa shape index (κ1) is 13.4. The van der Waals surface area contributed by atoms with Crippen molar-refractivity contribution in [3.05, 3.63) is 49.9 Å². The van der Waals surface area contributed by atoms with Gasteiger partial charge in [-0.25, -0.2) is 4.98 Å². The molecule has 3 heterocycles. The van der Waals surface area contributed by atoms with Gasteiger partial charge in [0.1, 0.15) is 10.3 Å². The zero-order valence-electron chi connectivity index (χ0n) is 10.6. The number of hydrogen-bond acceptors (Lipinski definition) is 3. The fourth-order valence-electron chi connectivity index (χ4n) is 2.62. The van der Waals surface area contributed by atoms with Crippen molar-refractivity contribution < 1.29 is 0 Å². The van der Waals surface area contributed by atoms with Crippen molar-refractivity contribution in [1.82, 2.24) is 9.88 Å². The van der Waals surface area contributed by atoms with Crippen LogP contribution in [0.1, 0.15) is 29.0 Å². The van der Waals surface area contributed by atoms with Gasteiger partial charge in [-0.15, -0.1) is 11.3 Å². The monoisotopic (exact) mass is 312 g/mol. The molecule has 3 rings (SSSR count). The highest BCUT2D eigenvalue weighted by molar-refractivity contribution is 7.10. The molecule has 0 saturated carbocycles. The van der Waals surface area contributed by atoms with Crippen LogP contribution >= 0.6 is 34.5 Å². The molecule has 2 aromatic heterocycles. The molecule has 0 aromatic carbocycles. The lowest BCUT2D eigenvalue weighted by Gasteiger charge is -2.33. The molecule has 1 atom stereocenters. The summed E-state index contributed by atoms with van der Waals surface area (Å²) in [6, 6.07) is 6.47. The molecule has 0 aliphatic carbocycles. The lowest BCUT2D eigenvalue weighted by molar-refractivity contribution is 0.191. The third-order valence-electron chi connectivity index (χ3n) is 3.61. The maximum Gasteiger partial charge on any atom is 0.131 e. The van der Waals surface area contributed by atoms with E-state index in [1.807, 2.05) is 23.5 Å². The van der Waals surface area contributed by atoms with Crippen LogP contribution in [0.2, 0.25) is 10.3 Å². The topological polar surface area (TPSA) is 16.1 Å². The second-order valence-corrected chi connectivity index (χ2v) is 6.59. The van der Waals surface area contributed by atoms with E-state index in [1.165, 1.54) is 10.4 Å². The Hall–Kier alpha value is -0.610. The first-order chi connectivity index (χ1) is 9.13. The van der Waals surface area contributed by atoms with E-state index in [0.717, 1.165) is 25.1 Å². The van der Waals surface area contributed by atoms with E-state index in [2.05, 4.69) is 28.3 Å². The van der Waals surface area contributed by atoms with E-state index in [1.54, 1.807) is 0 Å². The summed E-state index contributed by atoms with van der Waals surface area (Å²) in [7, 11) is 0. The van der Waals surface area contributed by atoms with Crippen molar-refractivity contribution >= 4 is 34.5 Å².